The summed E-state index contributed by atoms with van der Waals surface area (Å²) in [7, 11) is 0. The molecular formula is C10H17NO5. The lowest BCUT2D eigenvalue weighted by atomic mass is 9.79. The van der Waals surface area contributed by atoms with Gasteiger partial charge in [-0.15, -0.1) is 0 Å². The molecule has 0 atom stereocenters. The van der Waals surface area contributed by atoms with Gasteiger partial charge in [0.25, 0.3) is 0 Å². The Hall–Kier alpha value is -1.59. The summed E-state index contributed by atoms with van der Waals surface area (Å²) in [6.45, 7) is 2.91. The molecule has 16 heavy (non-hydrogen) atoms. The van der Waals surface area contributed by atoms with Crippen molar-refractivity contribution < 1.29 is 24.6 Å². The van der Waals surface area contributed by atoms with Crippen LogP contribution in [0.5, 0.6) is 0 Å². The van der Waals surface area contributed by atoms with E-state index in [1.165, 1.54) is 0 Å². The number of hydrogen-bond acceptors (Lipinski definition) is 3. The van der Waals surface area contributed by atoms with E-state index < -0.39 is 29.8 Å². The van der Waals surface area contributed by atoms with E-state index in [0.29, 0.717) is 12.8 Å². The van der Waals surface area contributed by atoms with Crippen LogP contribution < -0.4 is 5.32 Å². The Morgan fingerprint density at radius 3 is 1.94 bits per heavy atom. The molecule has 0 aromatic heterocycles. The summed E-state index contributed by atoms with van der Waals surface area (Å²) >= 11 is 0. The lowest BCUT2D eigenvalue weighted by molar-refractivity contribution is -0.152. The monoisotopic (exact) mass is 231 g/mol. The highest BCUT2D eigenvalue weighted by Crippen LogP contribution is 2.30. The maximum absolute atomic E-state index is 11.3. The molecular weight excluding hydrogens is 214 g/mol. The normalized spacial score (nSPS) is 10.9. The molecule has 1 amide bonds. The first-order valence-electron chi connectivity index (χ1n) is 5.10. The summed E-state index contributed by atoms with van der Waals surface area (Å²) in [4.78, 5) is 32.6. The minimum absolute atomic E-state index is 0.192. The maximum atomic E-state index is 11.3. The third-order valence-electron chi connectivity index (χ3n) is 2.74. The lowest BCUT2D eigenvalue weighted by Gasteiger charge is -2.25. The first-order valence-corrected chi connectivity index (χ1v) is 5.10. The summed E-state index contributed by atoms with van der Waals surface area (Å²) in [6, 6.07) is 0. The molecule has 0 aromatic rings. The molecule has 0 rings (SSSR count). The van der Waals surface area contributed by atoms with Gasteiger partial charge in [-0.25, -0.2) is 0 Å². The number of aliphatic carboxylic acids is 2. The molecule has 0 fully saturated rings. The Morgan fingerprint density at radius 2 is 1.62 bits per heavy atom. The topological polar surface area (TPSA) is 104 Å². The Labute approximate surface area is 93.6 Å². The summed E-state index contributed by atoms with van der Waals surface area (Å²) in [5, 5.41) is 19.6. The summed E-state index contributed by atoms with van der Waals surface area (Å²) in [5.41, 5.74) is -1.09. The van der Waals surface area contributed by atoms with Gasteiger partial charge in [0, 0.05) is 6.42 Å². The smallest absolute Gasteiger partial charge is 0.322 e. The van der Waals surface area contributed by atoms with Gasteiger partial charge in [-0.05, 0) is 12.8 Å². The van der Waals surface area contributed by atoms with E-state index in [-0.39, 0.29) is 6.42 Å². The van der Waals surface area contributed by atoms with Gasteiger partial charge in [0.2, 0.25) is 5.91 Å². The molecule has 0 spiro atoms. The average molecular weight is 231 g/mol. The molecule has 0 unspecified atom stereocenters. The van der Waals surface area contributed by atoms with Crippen LogP contribution in [0.15, 0.2) is 0 Å². The molecule has 0 heterocycles. The van der Waals surface area contributed by atoms with Gasteiger partial charge in [-0.1, -0.05) is 13.8 Å². The van der Waals surface area contributed by atoms with E-state index in [4.69, 9.17) is 10.2 Å². The number of carbonyl (C=O) groups is 3. The van der Waals surface area contributed by atoms with Crippen LogP contribution in [0.25, 0.3) is 0 Å². The molecule has 0 aliphatic heterocycles. The Kier molecular flexibility index (Phi) is 5.49. The third kappa shape index (κ3) is 3.88. The van der Waals surface area contributed by atoms with E-state index in [1.54, 1.807) is 13.8 Å². The molecule has 0 saturated carbocycles. The predicted octanol–water partition coefficient (Wildman–Crippen LogP) is 0.468. The van der Waals surface area contributed by atoms with Crippen molar-refractivity contribution in [2.45, 2.75) is 33.1 Å². The number of rotatable bonds is 7. The second-order valence-electron chi connectivity index (χ2n) is 3.64. The SMILES string of the molecule is CCC(CC)(CC(=O)NCC(=O)O)C(=O)O. The molecule has 0 bridgehead atoms. The fourth-order valence-corrected chi connectivity index (χ4v) is 1.42. The minimum atomic E-state index is -1.15. The number of carbonyl (C=O) groups excluding carboxylic acids is 1. The molecule has 6 nitrogen and oxygen atoms in total. The van der Waals surface area contributed by atoms with Gasteiger partial charge < -0.3 is 15.5 Å². The fraction of sp³-hybridized carbons (Fsp3) is 0.700. The number of carboxylic acid groups (broad SMARTS) is 2. The van der Waals surface area contributed by atoms with E-state index in [2.05, 4.69) is 5.32 Å². The number of hydrogen-bond donors (Lipinski definition) is 3. The van der Waals surface area contributed by atoms with E-state index in [9.17, 15) is 14.4 Å². The standard InChI is InChI=1S/C10H17NO5/c1-3-10(4-2,9(15)16)5-7(12)11-6-8(13)14/h3-6H2,1-2H3,(H,11,12)(H,13,14)(H,15,16). The average Bonchev–Trinajstić information content (AvgIpc) is 2.22. The van der Waals surface area contributed by atoms with Crippen molar-refractivity contribution in [3.05, 3.63) is 0 Å². The van der Waals surface area contributed by atoms with Gasteiger partial charge >= 0.3 is 11.9 Å². The fourth-order valence-electron chi connectivity index (χ4n) is 1.42. The summed E-state index contributed by atoms with van der Waals surface area (Å²) < 4.78 is 0. The number of nitrogens with one attached hydrogen (secondary N) is 1. The van der Waals surface area contributed by atoms with Gasteiger partial charge in [0.1, 0.15) is 6.54 Å². The number of amides is 1. The van der Waals surface area contributed by atoms with Crippen LogP contribution in [0.2, 0.25) is 0 Å². The van der Waals surface area contributed by atoms with Crippen LogP contribution in [-0.2, 0) is 14.4 Å². The maximum Gasteiger partial charge on any atom is 0.322 e. The van der Waals surface area contributed by atoms with Gasteiger partial charge in [0.15, 0.2) is 0 Å². The zero-order valence-corrected chi connectivity index (χ0v) is 9.45. The van der Waals surface area contributed by atoms with Crippen molar-refractivity contribution in [3.63, 3.8) is 0 Å². The van der Waals surface area contributed by atoms with Crippen LogP contribution in [0.4, 0.5) is 0 Å². The molecule has 6 heteroatoms. The summed E-state index contributed by atoms with van der Waals surface area (Å²) in [6.07, 6.45) is 0.473. The highest BCUT2D eigenvalue weighted by atomic mass is 16.4. The van der Waals surface area contributed by atoms with Crippen LogP contribution >= 0.6 is 0 Å². The highest BCUT2D eigenvalue weighted by molar-refractivity contribution is 5.86. The highest BCUT2D eigenvalue weighted by Gasteiger charge is 2.37. The molecule has 0 aromatic carbocycles. The molecule has 92 valence electrons. The zero-order chi connectivity index (χ0) is 12.8. The minimum Gasteiger partial charge on any atom is -0.481 e. The van der Waals surface area contributed by atoms with Crippen molar-refractivity contribution in [3.8, 4) is 0 Å². The first-order chi connectivity index (χ1) is 7.38. The second kappa shape index (κ2) is 6.09. The van der Waals surface area contributed by atoms with E-state index in [0.717, 1.165) is 0 Å². The summed E-state index contributed by atoms with van der Waals surface area (Å²) in [5.74, 6) is -2.72. The Bertz CT molecular complexity index is 283. The molecule has 0 aliphatic carbocycles. The van der Waals surface area contributed by atoms with E-state index in [1.807, 2.05) is 0 Å². The van der Waals surface area contributed by atoms with Gasteiger partial charge in [-0.2, -0.15) is 0 Å². The van der Waals surface area contributed by atoms with Crippen molar-refractivity contribution in [2.24, 2.45) is 5.41 Å². The van der Waals surface area contributed by atoms with Crippen molar-refractivity contribution in [1.29, 1.82) is 0 Å². The van der Waals surface area contributed by atoms with Gasteiger partial charge in [0.05, 0.1) is 5.41 Å². The number of carboxylic acids is 2. The van der Waals surface area contributed by atoms with Crippen molar-refractivity contribution in [1.82, 2.24) is 5.32 Å². The molecule has 3 N–H and O–H groups in total. The molecule has 0 saturated heterocycles. The van der Waals surface area contributed by atoms with Crippen LogP contribution in [0, 0.1) is 5.41 Å². The zero-order valence-electron chi connectivity index (χ0n) is 9.45. The van der Waals surface area contributed by atoms with Crippen LogP contribution in [0.1, 0.15) is 33.1 Å². The second-order valence-corrected chi connectivity index (χ2v) is 3.64. The first kappa shape index (κ1) is 14.4. The van der Waals surface area contributed by atoms with Gasteiger partial charge in [-0.3, -0.25) is 14.4 Å². The molecule has 0 aliphatic rings. The quantitative estimate of drug-likeness (QED) is 0.590. The third-order valence-corrected chi connectivity index (χ3v) is 2.74. The van der Waals surface area contributed by atoms with Crippen molar-refractivity contribution >= 4 is 17.8 Å². The van der Waals surface area contributed by atoms with E-state index >= 15 is 0 Å². The van der Waals surface area contributed by atoms with Crippen molar-refractivity contribution in [2.75, 3.05) is 6.54 Å². The largest absolute Gasteiger partial charge is 0.481 e. The Morgan fingerprint density at radius 1 is 1.12 bits per heavy atom. The predicted molar refractivity (Wildman–Crippen MR) is 55.9 cm³/mol. The lowest BCUT2D eigenvalue weighted by Crippen LogP contribution is -2.38. The Balaban J connectivity index is 4.46. The van der Waals surface area contributed by atoms with Crippen LogP contribution in [-0.4, -0.2) is 34.6 Å². The van der Waals surface area contributed by atoms with Crippen LogP contribution in [0.3, 0.4) is 0 Å². The molecule has 0 radical (unpaired) electrons.